The molecule has 0 spiro atoms. The largest absolute Gasteiger partial charge is 0.391 e. The van der Waals surface area contributed by atoms with Crippen molar-refractivity contribution in [1.82, 2.24) is 0 Å². The van der Waals surface area contributed by atoms with Gasteiger partial charge < -0.3 is 4.74 Å². The molecule has 1 nitrogen and oxygen atoms in total. The third-order valence-corrected chi connectivity index (χ3v) is 5.55. The fourth-order valence-electron chi connectivity index (χ4n) is 2.71. The smallest absolute Gasteiger partial charge is 0.374 e. The van der Waals surface area contributed by atoms with Crippen LogP contribution >= 0.6 is 22.6 Å². The Morgan fingerprint density at radius 1 is 1.16 bits per heavy atom. The summed E-state index contributed by atoms with van der Waals surface area (Å²) in [6.45, 7) is 6.50. The van der Waals surface area contributed by atoms with Gasteiger partial charge in [-0.3, -0.25) is 0 Å². The number of halogens is 4. The second-order valence-electron chi connectivity index (χ2n) is 6.67. The third kappa shape index (κ3) is 5.78. The van der Waals surface area contributed by atoms with Crippen LogP contribution in [0, 0.1) is 11.3 Å². The Hall–Kier alpha value is 0.480. The minimum atomic E-state index is -4.12. The molecule has 0 aromatic rings. The summed E-state index contributed by atoms with van der Waals surface area (Å²) in [6, 6.07) is 0. The maximum absolute atomic E-state index is 12.2. The van der Waals surface area contributed by atoms with Gasteiger partial charge in [0, 0.05) is 4.43 Å². The molecule has 0 aromatic heterocycles. The first-order valence-electron chi connectivity index (χ1n) is 6.85. The van der Waals surface area contributed by atoms with Crippen molar-refractivity contribution in [1.29, 1.82) is 0 Å². The van der Waals surface area contributed by atoms with Crippen molar-refractivity contribution in [3.63, 3.8) is 0 Å². The van der Waals surface area contributed by atoms with Gasteiger partial charge in [-0.05, 0) is 37.0 Å². The molecule has 0 N–H and O–H groups in total. The van der Waals surface area contributed by atoms with Crippen LogP contribution in [0.4, 0.5) is 13.2 Å². The van der Waals surface area contributed by atoms with Crippen molar-refractivity contribution in [2.24, 2.45) is 11.3 Å². The van der Waals surface area contributed by atoms with E-state index in [1.54, 1.807) is 0 Å². The van der Waals surface area contributed by atoms with Gasteiger partial charge in [0.25, 0.3) is 0 Å². The van der Waals surface area contributed by atoms with E-state index >= 15 is 0 Å². The zero-order chi connectivity index (χ0) is 14.7. The van der Waals surface area contributed by atoms with Gasteiger partial charge in [-0.2, -0.15) is 13.2 Å². The lowest BCUT2D eigenvalue weighted by atomic mass is 9.69. The van der Waals surface area contributed by atoms with Crippen LogP contribution in [-0.2, 0) is 4.74 Å². The van der Waals surface area contributed by atoms with E-state index in [0.29, 0.717) is 5.92 Å². The molecule has 0 bridgehead atoms. The van der Waals surface area contributed by atoms with Crippen molar-refractivity contribution in [2.75, 3.05) is 11.0 Å². The Balaban J connectivity index is 2.47. The van der Waals surface area contributed by atoms with E-state index in [1.165, 1.54) is 0 Å². The zero-order valence-corrected chi connectivity index (χ0v) is 14.1. The van der Waals surface area contributed by atoms with E-state index in [0.717, 1.165) is 30.1 Å². The number of ether oxygens (including phenoxy) is 1. The molecule has 1 fully saturated rings. The van der Waals surface area contributed by atoms with Gasteiger partial charge in [-0.1, -0.05) is 43.4 Å². The quantitative estimate of drug-likeness (QED) is 0.462. The molecule has 0 heterocycles. The maximum Gasteiger partial charge on any atom is 0.391 e. The number of rotatable bonds is 4. The first-order chi connectivity index (χ1) is 8.58. The zero-order valence-electron chi connectivity index (χ0n) is 11.9. The Morgan fingerprint density at radius 3 is 2.05 bits per heavy atom. The lowest BCUT2D eigenvalue weighted by Gasteiger charge is -2.43. The first-order valence-corrected chi connectivity index (χ1v) is 8.37. The van der Waals surface area contributed by atoms with Gasteiger partial charge in [0.2, 0.25) is 0 Å². The molecule has 5 heteroatoms. The van der Waals surface area contributed by atoms with E-state index in [1.807, 2.05) is 0 Å². The highest BCUT2D eigenvalue weighted by Gasteiger charge is 2.39. The summed E-state index contributed by atoms with van der Waals surface area (Å²) in [4.78, 5) is 0. The second kappa shape index (κ2) is 6.50. The van der Waals surface area contributed by atoms with Crippen molar-refractivity contribution in [3.8, 4) is 0 Å². The summed E-state index contributed by atoms with van der Waals surface area (Å²) < 4.78 is 42.9. The molecular formula is C14H24F3IO. The van der Waals surface area contributed by atoms with Crippen LogP contribution < -0.4 is 0 Å². The Morgan fingerprint density at radius 2 is 1.68 bits per heavy atom. The molecule has 1 rings (SSSR count). The Labute approximate surface area is 127 Å². The lowest BCUT2D eigenvalue weighted by molar-refractivity contribution is -0.160. The van der Waals surface area contributed by atoms with E-state index in [-0.39, 0.29) is 17.6 Å². The Bertz CT molecular complexity index is 270. The van der Waals surface area contributed by atoms with Gasteiger partial charge in [0.15, 0.2) is 0 Å². The van der Waals surface area contributed by atoms with Crippen LogP contribution in [0.3, 0.4) is 0 Å². The van der Waals surface area contributed by atoms with Crippen molar-refractivity contribution < 1.29 is 17.9 Å². The maximum atomic E-state index is 12.2. The lowest BCUT2D eigenvalue weighted by Crippen LogP contribution is -2.41. The SMILES string of the molecule is CC(C)(C)C1CCC(CI)(OCCC(F)(F)F)CC1. The predicted molar refractivity (Wildman–Crippen MR) is 79.7 cm³/mol. The monoisotopic (exact) mass is 392 g/mol. The number of alkyl halides is 4. The van der Waals surface area contributed by atoms with E-state index in [9.17, 15) is 13.2 Å². The summed E-state index contributed by atoms with van der Waals surface area (Å²) in [5.41, 5.74) is -0.0447. The topological polar surface area (TPSA) is 9.23 Å². The number of hydrogen-bond donors (Lipinski definition) is 0. The molecule has 0 aromatic carbocycles. The van der Waals surface area contributed by atoms with Crippen LogP contribution in [-0.4, -0.2) is 22.8 Å². The fourth-order valence-corrected chi connectivity index (χ4v) is 3.69. The summed E-state index contributed by atoms with van der Waals surface area (Å²) in [5.74, 6) is 0.648. The summed E-state index contributed by atoms with van der Waals surface area (Å²) >= 11 is 2.24. The molecular weight excluding hydrogens is 368 g/mol. The minimum absolute atomic E-state index is 0.202. The summed E-state index contributed by atoms with van der Waals surface area (Å²) in [5, 5.41) is 0. The number of hydrogen-bond acceptors (Lipinski definition) is 1. The highest BCUT2D eigenvalue weighted by Crippen LogP contribution is 2.43. The van der Waals surface area contributed by atoms with E-state index < -0.39 is 12.6 Å². The fraction of sp³-hybridized carbons (Fsp3) is 1.00. The third-order valence-electron chi connectivity index (χ3n) is 4.16. The van der Waals surface area contributed by atoms with Crippen molar-refractivity contribution in [2.45, 2.75) is 64.7 Å². The summed E-state index contributed by atoms with van der Waals surface area (Å²) in [6.07, 6.45) is -1.08. The van der Waals surface area contributed by atoms with Crippen molar-refractivity contribution >= 4 is 22.6 Å². The first kappa shape index (κ1) is 17.5. The van der Waals surface area contributed by atoms with Crippen LogP contribution in [0.1, 0.15) is 52.9 Å². The van der Waals surface area contributed by atoms with Gasteiger partial charge in [-0.15, -0.1) is 0 Å². The molecule has 0 radical (unpaired) electrons. The molecule has 0 unspecified atom stereocenters. The molecule has 19 heavy (non-hydrogen) atoms. The van der Waals surface area contributed by atoms with Gasteiger partial charge in [0.05, 0.1) is 18.6 Å². The predicted octanol–water partition coefficient (Wildman–Crippen LogP) is 5.37. The second-order valence-corrected chi connectivity index (χ2v) is 7.43. The molecule has 1 aliphatic rings. The van der Waals surface area contributed by atoms with Crippen LogP contribution in [0.15, 0.2) is 0 Å². The molecule has 0 amide bonds. The highest BCUT2D eigenvalue weighted by atomic mass is 127. The van der Waals surface area contributed by atoms with E-state index in [4.69, 9.17) is 4.74 Å². The van der Waals surface area contributed by atoms with Crippen molar-refractivity contribution in [3.05, 3.63) is 0 Å². The standard InChI is InChI=1S/C14H24F3IO/c1-12(2,3)11-4-6-13(10-18,7-5-11)19-9-8-14(15,16)17/h11H,4-10H2,1-3H3. The normalized spacial score (nSPS) is 29.5. The van der Waals surface area contributed by atoms with Gasteiger partial charge >= 0.3 is 6.18 Å². The van der Waals surface area contributed by atoms with Crippen LogP contribution in [0.5, 0.6) is 0 Å². The average Bonchev–Trinajstić information content (AvgIpc) is 2.26. The molecule has 0 atom stereocenters. The summed E-state index contributed by atoms with van der Waals surface area (Å²) in [7, 11) is 0. The molecule has 1 aliphatic carbocycles. The molecule has 1 saturated carbocycles. The molecule has 114 valence electrons. The molecule has 0 aliphatic heterocycles. The Kier molecular flexibility index (Phi) is 6.00. The minimum Gasteiger partial charge on any atom is -0.374 e. The van der Waals surface area contributed by atoms with Gasteiger partial charge in [0.1, 0.15) is 0 Å². The van der Waals surface area contributed by atoms with Crippen LogP contribution in [0.25, 0.3) is 0 Å². The molecule has 0 saturated heterocycles. The average molecular weight is 392 g/mol. The highest BCUT2D eigenvalue weighted by molar-refractivity contribution is 14.1. The van der Waals surface area contributed by atoms with Crippen LogP contribution in [0.2, 0.25) is 0 Å². The van der Waals surface area contributed by atoms with Gasteiger partial charge in [-0.25, -0.2) is 0 Å². The van der Waals surface area contributed by atoms with E-state index in [2.05, 4.69) is 43.4 Å².